The van der Waals surface area contributed by atoms with Gasteiger partial charge in [-0.05, 0) is 48.2 Å². The molecule has 0 radical (unpaired) electrons. The van der Waals surface area contributed by atoms with Crippen LogP contribution in [0.4, 0.5) is 13.6 Å². The standard InChI is InChI=1S/C18H18F2N2O/c19-15-5-1-13(2-6-15)11-21-17(23)22-12-18(9-10-18)14-3-7-16(20)8-4-14/h1-8H,9-12H2,(H2,21,22,23). The average Bonchev–Trinajstić information content (AvgIpc) is 3.34. The number of carbonyl (C=O) groups excluding carboxylic acids is 1. The lowest BCUT2D eigenvalue weighted by Crippen LogP contribution is -2.39. The maximum absolute atomic E-state index is 13.0. The number of hydrogen-bond acceptors (Lipinski definition) is 1. The van der Waals surface area contributed by atoms with Crippen molar-refractivity contribution in [3.8, 4) is 0 Å². The molecule has 0 heterocycles. The minimum absolute atomic E-state index is 0.0685. The number of carbonyl (C=O) groups is 1. The Morgan fingerprint density at radius 3 is 2.04 bits per heavy atom. The van der Waals surface area contributed by atoms with Crippen LogP contribution in [0.2, 0.25) is 0 Å². The van der Waals surface area contributed by atoms with Crippen molar-refractivity contribution in [2.24, 2.45) is 0 Å². The van der Waals surface area contributed by atoms with Crippen LogP contribution >= 0.6 is 0 Å². The zero-order valence-corrected chi connectivity index (χ0v) is 12.6. The second-order valence-corrected chi connectivity index (χ2v) is 5.95. The fourth-order valence-electron chi connectivity index (χ4n) is 2.62. The van der Waals surface area contributed by atoms with Gasteiger partial charge in [0, 0.05) is 18.5 Å². The first-order chi connectivity index (χ1) is 11.1. The molecule has 5 heteroatoms. The molecule has 2 N–H and O–H groups in total. The highest BCUT2D eigenvalue weighted by Crippen LogP contribution is 2.47. The van der Waals surface area contributed by atoms with E-state index in [1.165, 1.54) is 24.3 Å². The third-order valence-electron chi connectivity index (χ3n) is 4.26. The number of rotatable bonds is 5. The highest BCUT2D eigenvalue weighted by molar-refractivity contribution is 5.74. The minimum atomic E-state index is -0.298. The lowest BCUT2D eigenvalue weighted by Gasteiger charge is -2.17. The fourth-order valence-corrected chi connectivity index (χ4v) is 2.62. The Balaban J connectivity index is 1.49. The summed E-state index contributed by atoms with van der Waals surface area (Å²) in [6.07, 6.45) is 1.97. The third-order valence-corrected chi connectivity index (χ3v) is 4.26. The maximum atomic E-state index is 13.0. The van der Waals surface area contributed by atoms with Gasteiger partial charge in [-0.15, -0.1) is 0 Å². The van der Waals surface area contributed by atoms with E-state index in [1.807, 2.05) is 0 Å². The van der Waals surface area contributed by atoms with Gasteiger partial charge in [0.05, 0.1) is 0 Å². The first-order valence-electron chi connectivity index (χ1n) is 7.60. The van der Waals surface area contributed by atoms with Crippen LogP contribution in [-0.4, -0.2) is 12.6 Å². The lowest BCUT2D eigenvalue weighted by atomic mass is 9.96. The van der Waals surface area contributed by atoms with Gasteiger partial charge in [-0.3, -0.25) is 0 Å². The van der Waals surface area contributed by atoms with Crippen molar-refractivity contribution in [3.63, 3.8) is 0 Å². The summed E-state index contributed by atoms with van der Waals surface area (Å²) in [5.41, 5.74) is 1.82. The van der Waals surface area contributed by atoms with Gasteiger partial charge < -0.3 is 10.6 Å². The molecule has 1 aliphatic rings. The molecule has 120 valence electrons. The van der Waals surface area contributed by atoms with Gasteiger partial charge in [-0.1, -0.05) is 24.3 Å². The largest absolute Gasteiger partial charge is 0.337 e. The van der Waals surface area contributed by atoms with Gasteiger partial charge >= 0.3 is 6.03 Å². The molecule has 1 saturated carbocycles. The molecule has 0 aliphatic heterocycles. The molecule has 0 spiro atoms. The smallest absolute Gasteiger partial charge is 0.315 e. The lowest BCUT2D eigenvalue weighted by molar-refractivity contribution is 0.239. The number of halogens is 2. The number of benzene rings is 2. The average molecular weight is 316 g/mol. The maximum Gasteiger partial charge on any atom is 0.315 e. The number of amides is 2. The second-order valence-electron chi connectivity index (χ2n) is 5.95. The molecule has 0 saturated heterocycles. The Bertz CT molecular complexity index is 679. The summed E-state index contributed by atoms with van der Waals surface area (Å²) in [7, 11) is 0. The molecule has 1 fully saturated rings. The second kappa shape index (κ2) is 6.36. The van der Waals surface area contributed by atoms with Gasteiger partial charge in [0.25, 0.3) is 0 Å². The van der Waals surface area contributed by atoms with Crippen molar-refractivity contribution in [1.29, 1.82) is 0 Å². The molecule has 0 aromatic heterocycles. The van der Waals surface area contributed by atoms with Crippen LogP contribution in [0.5, 0.6) is 0 Å². The Morgan fingerprint density at radius 1 is 0.913 bits per heavy atom. The van der Waals surface area contributed by atoms with Gasteiger partial charge in [-0.25, -0.2) is 13.6 Å². The van der Waals surface area contributed by atoms with E-state index in [0.717, 1.165) is 24.0 Å². The minimum Gasteiger partial charge on any atom is -0.337 e. The number of urea groups is 1. The Hall–Kier alpha value is -2.43. The molecule has 0 atom stereocenters. The molecular weight excluding hydrogens is 298 g/mol. The summed E-state index contributed by atoms with van der Waals surface area (Å²) in [5, 5.41) is 5.61. The van der Waals surface area contributed by atoms with Gasteiger partial charge in [0.1, 0.15) is 11.6 Å². The molecule has 0 unspecified atom stereocenters. The Morgan fingerprint density at radius 2 is 1.48 bits per heavy atom. The van der Waals surface area contributed by atoms with E-state index in [4.69, 9.17) is 0 Å². The van der Waals surface area contributed by atoms with E-state index in [-0.39, 0.29) is 23.1 Å². The van der Waals surface area contributed by atoms with Crippen LogP contribution in [0.15, 0.2) is 48.5 Å². The van der Waals surface area contributed by atoms with E-state index in [0.29, 0.717) is 13.1 Å². The summed E-state index contributed by atoms with van der Waals surface area (Å²) in [6, 6.07) is 12.2. The van der Waals surface area contributed by atoms with Crippen molar-refractivity contribution in [3.05, 3.63) is 71.3 Å². The Labute approximate surface area is 133 Å². The van der Waals surface area contributed by atoms with Gasteiger partial charge in [-0.2, -0.15) is 0 Å². The monoisotopic (exact) mass is 316 g/mol. The first kappa shape index (κ1) is 15.5. The van der Waals surface area contributed by atoms with Gasteiger partial charge in [0.15, 0.2) is 0 Å². The topological polar surface area (TPSA) is 41.1 Å². The molecule has 2 aromatic rings. The van der Waals surface area contributed by atoms with Crippen LogP contribution in [0.1, 0.15) is 24.0 Å². The number of hydrogen-bond donors (Lipinski definition) is 2. The fraction of sp³-hybridized carbons (Fsp3) is 0.278. The molecule has 1 aliphatic carbocycles. The SMILES string of the molecule is O=C(NCc1ccc(F)cc1)NCC1(c2ccc(F)cc2)CC1. The summed E-state index contributed by atoms with van der Waals surface area (Å²) < 4.78 is 25.8. The predicted octanol–water partition coefficient (Wildman–Crippen LogP) is 3.50. The third kappa shape index (κ3) is 3.86. The van der Waals surface area contributed by atoms with Crippen molar-refractivity contribution in [2.45, 2.75) is 24.8 Å². The predicted molar refractivity (Wildman–Crippen MR) is 84.0 cm³/mol. The molecule has 2 amide bonds. The quantitative estimate of drug-likeness (QED) is 0.871. The Kier molecular flexibility index (Phi) is 4.28. The van der Waals surface area contributed by atoms with E-state index >= 15 is 0 Å². The van der Waals surface area contributed by atoms with Crippen molar-refractivity contribution in [2.75, 3.05) is 6.54 Å². The zero-order valence-electron chi connectivity index (χ0n) is 12.6. The van der Waals surface area contributed by atoms with E-state index in [1.54, 1.807) is 24.3 Å². The summed E-state index contributed by atoms with van der Waals surface area (Å²) >= 11 is 0. The van der Waals surface area contributed by atoms with Crippen LogP contribution in [-0.2, 0) is 12.0 Å². The molecule has 0 bridgehead atoms. The van der Waals surface area contributed by atoms with Crippen molar-refractivity contribution >= 4 is 6.03 Å². The van der Waals surface area contributed by atoms with E-state index in [2.05, 4.69) is 10.6 Å². The summed E-state index contributed by atoms with van der Waals surface area (Å²) in [5.74, 6) is -0.553. The highest BCUT2D eigenvalue weighted by Gasteiger charge is 2.44. The summed E-state index contributed by atoms with van der Waals surface area (Å²) in [4.78, 5) is 11.9. The zero-order chi connectivity index (χ0) is 16.3. The normalized spacial score (nSPS) is 15.0. The molecule has 2 aromatic carbocycles. The van der Waals surface area contributed by atoms with E-state index < -0.39 is 0 Å². The number of nitrogens with one attached hydrogen (secondary N) is 2. The molecular formula is C18H18F2N2O. The molecule has 3 nitrogen and oxygen atoms in total. The van der Waals surface area contributed by atoms with Crippen LogP contribution < -0.4 is 10.6 Å². The van der Waals surface area contributed by atoms with Crippen molar-refractivity contribution in [1.82, 2.24) is 10.6 Å². The summed E-state index contributed by atoms with van der Waals surface area (Å²) in [6.45, 7) is 0.865. The highest BCUT2D eigenvalue weighted by atomic mass is 19.1. The van der Waals surface area contributed by atoms with Crippen LogP contribution in [0, 0.1) is 11.6 Å². The molecule has 3 rings (SSSR count). The van der Waals surface area contributed by atoms with Crippen molar-refractivity contribution < 1.29 is 13.6 Å². The van der Waals surface area contributed by atoms with Crippen LogP contribution in [0.25, 0.3) is 0 Å². The van der Waals surface area contributed by atoms with E-state index in [9.17, 15) is 13.6 Å². The first-order valence-corrected chi connectivity index (χ1v) is 7.60. The molecule has 23 heavy (non-hydrogen) atoms. The van der Waals surface area contributed by atoms with Gasteiger partial charge in [0.2, 0.25) is 0 Å². The van der Waals surface area contributed by atoms with Crippen LogP contribution in [0.3, 0.4) is 0 Å².